The number of aliphatic hydroxyl groups is 2. The minimum atomic E-state index is -0.800. The molecule has 2 N–H and O–H groups in total. The number of morpholine rings is 1. The van der Waals surface area contributed by atoms with Gasteiger partial charge in [0.1, 0.15) is 31.2 Å². The first-order valence-electron chi connectivity index (χ1n) is 11.3. The van der Waals surface area contributed by atoms with Crippen LogP contribution >= 0.6 is 34.8 Å². The van der Waals surface area contributed by atoms with E-state index in [-0.39, 0.29) is 19.1 Å². The van der Waals surface area contributed by atoms with Crippen LogP contribution in [0.3, 0.4) is 0 Å². The number of aliphatic hydroxyl groups excluding tert-OH is 2. The smallest absolute Gasteiger partial charge is 0.156 e. The van der Waals surface area contributed by atoms with Crippen molar-refractivity contribution in [2.45, 2.75) is 31.5 Å². The largest absolute Gasteiger partial charge is 0.491 e. The molecule has 0 bridgehead atoms. The zero-order valence-corrected chi connectivity index (χ0v) is 21.7. The second-order valence-electron chi connectivity index (χ2n) is 8.92. The number of halogens is 3. The van der Waals surface area contributed by atoms with E-state index in [1.807, 2.05) is 36.4 Å². The molecule has 1 aliphatic heterocycles. The van der Waals surface area contributed by atoms with E-state index in [0.29, 0.717) is 41.3 Å². The van der Waals surface area contributed by atoms with Gasteiger partial charge in [0.05, 0.1) is 29.1 Å². The van der Waals surface area contributed by atoms with Crippen LogP contribution in [0.5, 0.6) is 11.5 Å². The van der Waals surface area contributed by atoms with Crippen LogP contribution in [0.2, 0.25) is 10.0 Å². The predicted molar refractivity (Wildman–Crippen MR) is 136 cm³/mol. The summed E-state index contributed by atoms with van der Waals surface area (Å²) in [5, 5.41) is 20.6. The maximum Gasteiger partial charge on any atom is 0.156 e. The monoisotopic (exact) mass is 531 g/mol. The molecule has 1 saturated heterocycles. The summed E-state index contributed by atoms with van der Waals surface area (Å²) in [5.41, 5.74) is 1.57. The molecular formula is C25H32Cl3NO5. The highest BCUT2D eigenvalue weighted by molar-refractivity contribution is 6.37. The van der Waals surface area contributed by atoms with Crippen LogP contribution in [0, 0.1) is 0 Å². The molecule has 1 aliphatic rings. The molecule has 188 valence electrons. The van der Waals surface area contributed by atoms with Crippen LogP contribution < -0.4 is 9.47 Å². The number of hydrogen-bond acceptors (Lipinski definition) is 6. The molecule has 9 heteroatoms. The molecule has 0 spiro atoms. The van der Waals surface area contributed by atoms with Crippen molar-refractivity contribution >= 4 is 34.8 Å². The quantitative estimate of drug-likeness (QED) is 0.419. The molecule has 6 nitrogen and oxygen atoms in total. The van der Waals surface area contributed by atoms with E-state index in [4.69, 9.17) is 49.0 Å². The highest BCUT2D eigenvalue weighted by atomic mass is 35.5. The first kappa shape index (κ1) is 27.3. The van der Waals surface area contributed by atoms with Gasteiger partial charge in [0.15, 0.2) is 5.75 Å². The molecule has 0 amide bonds. The summed E-state index contributed by atoms with van der Waals surface area (Å²) >= 11 is 18.5. The van der Waals surface area contributed by atoms with Crippen LogP contribution in [0.25, 0.3) is 0 Å². The van der Waals surface area contributed by atoms with E-state index in [1.165, 1.54) is 0 Å². The normalized spacial score (nSPS) is 16.8. The van der Waals surface area contributed by atoms with E-state index in [9.17, 15) is 10.2 Å². The lowest BCUT2D eigenvalue weighted by atomic mass is 9.78. The average Bonchev–Trinajstić information content (AvgIpc) is 2.82. The van der Waals surface area contributed by atoms with E-state index >= 15 is 0 Å². The lowest BCUT2D eigenvalue weighted by Gasteiger charge is -2.28. The van der Waals surface area contributed by atoms with Gasteiger partial charge >= 0.3 is 0 Å². The van der Waals surface area contributed by atoms with Gasteiger partial charge in [-0.2, -0.15) is 0 Å². The van der Waals surface area contributed by atoms with Crippen molar-refractivity contribution in [1.29, 1.82) is 0 Å². The summed E-state index contributed by atoms with van der Waals surface area (Å²) < 4.78 is 16.7. The second kappa shape index (κ2) is 12.6. The van der Waals surface area contributed by atoms with Gasteiger partial charge in [-0.3, -0.25) is 4.90 Å². The van der Waals surface area contributed by atoms with Gasteiger partial charge in [0, 0.05) is 25.0 Å². The van der Waals surface area contributed by atoms with E-state index < -0.39 is 17.6 Å². The van der Waals surface area contributed by atoms with Gasteiger partial charge in [-0.15, -0.1) is 11.6 Å². The highest BCUT2D eigenvalue weighted by Gasteiger charge is 2.26. The number of ether oxygens (including phenoxy) is 3. The first-order valence-corrected chi connectivity index (χ1v) is 12.6. The Morgan fingerprint density at radius 2 is 1.53 bits per heavy atom. The molecule has 1 fully saturated rings. The molecule has 0 aliphatic carbocycles. The summed E-state index contributed by atoms with van der Waals surface area (Å²) in [7, 11) is 0. The molecular weight excluding hydrogens is 501 g/mol. The zero-order chi connectivity index (χ0) is 24.7. The van der Waals surface area contributed by atoms with Gasteiger partial charge in [-0.1, -0.05) is 49.2 Å². The summed E-state index contributed by atoms with van der Waals surface area (Å²) in [6, 6.07) is 11.4. The molecule has 0 saturated carbocycles. The van der Waals surface area contributed by atoms with Crippen molar-refractivity contribution < 1.29 is 24.4 Å². The molecule has 2 atom stereocenters. The maximum atomic E-state index is 10.3. The molecule has 2 aromatic carbocycles. The Bertz CT molecular complexity index is 896. The number of β-amino-alcohol motifs (C(OH)–C–C–N with tert-alkyl or cyclic N) is 1. The molecule has 0 radical (unpaired) electrons. The Balaban J connectivity index is 1.62. The SMILES string of the molecule is CC(C)(c1ccc(OCC(O)CN2CCOCC2)cc1)c1cc(Cl)c(OC[C@H](O)CCl)c(Cl)c1. The lowest BCUT2D eigenvalue weighted by molar-refractivity contribution is 0.00465. The molecule has 3 rings (SSSR count). The van der Waals surface area contributed by atoms with Crippen LogP contribution in [0.1, 0.15) is 25.0 Å². The second-order valence-corrected chi connectivity index (χ2v) is 10.0. The Hall–Kier alpha value is -1.25. The third kappa shape index (κ3) is 7.37. The average molecular weight is 533 g/mol. The van der Waals surface area contributed by atoms with Crippen LogP contribution in [0.4, 0.5) is 0 Å². The van der Waals surface area contributed by atoms with E-state index in [2.05, 4.69) is 18.7 Å². The third-order valence-electron chi connectivity index (χ3n) is 5.91. The summed E-state index contributed by atoms with van der Waals surface area (Å²) in [6.45, 7) is 8.03. The maximum absolute atomic E-state index is 10.3. The topological polar surface area (TPSA) is 71.4 Å². The number of hydrogen-bond donors (Lipinski definition) is 2. The Morgan fingerprint density at radius 1 is 0.941 bits per heavy atom. The zero-order valence-electron chi connectivity index (χ0n) is 19.5. The summed E-state index contributed by atoms with van der Waals surface area (Å²) in [4.78, 5) is 2.18. The number of benzene rings is 2. The van der Waals surface area contributed by atoms with Crippen LogP contribution in [-0.4, -0.2) is 79.3 Å². The fourth-order valence-corrected chi connectivity index (χ4v) is 4.43. The third-order valence-corrected chi connectivity index (χ3v) is 6.83. The lowest BCUT2D eigenvalue weighted by Crippen LogP contribution is -2.42. The van der Waals surface area contributed by atoms with Crippen molar-refractivity contribution in [3.8, 4) is 11.5 Å². The van der Waals surface area contributed by atoms with E-state index in [0.717, 1.165) is 24.2 Å². The highest BCUT2D eigenvalue weighted by Crippen LogP contribution is 2.40. The standard InChI is InChI=1S/C25H32Cl3NO5/c1-25(2,18-11-22(27)24(23(28)12-18)34-15-19(30)13-26)17-3-5-21(6-4-17)33-16-20(31)14-29-7-9-32-10-8-29/h3-6,11-12,19-20,30-31H,7-10,13-16H2,1-2H3/t19-,20?/m1/s1. The number of alkyl halides is 1. The molecule has 1 heterocycles. The van der Waals surface area contributed by atoms with Crippen molar-refractivity contribution in [3.63, 3.8) is 0 Å². The summed E-state index contributed by atoms with van der Waals surface area (Å²) in [6.07, 6.45) is -1.36. The van der Waals surface area contributed by atoms with Crippen molar-refractivity contribution in [2.75, 3.05) is 51.9 Å². The van der Waals surface area contributed by atoms with Crippen molar-refractivity contribution in [1.82, 2.24) is 4.90 Å². The number of rotatable bonds is 11. The minimum absolute atomic E-state index is 0.00822. The Morgan fingerprint density at radius 3 is 2.12 bits per heavy atom. The minimum Gasteiger partial charge on any atom is -0.491 e. The van der Waals surface area contributed by atoms with Crippen LogP contribution in [-0.2, 0) is 10.2 Å². The van der Waals surface area contributed by atoms with Gasteiger partial charge in [-0.25, -0.2) is 0 Å². The fraction of sp³-hybridized carbons (Fsp3) is 0.520. The van der Waals surface area contributed by atoms with Gasteiger partial charge in [-0.05, 0) is 35.4 Å². The molecule has 34 heavy (non-hydrogen) atoms. The number of nitrogens with zero attached hydrogens (tertiary/aromatic N) is 1. The first-order chi connectivity index (χ1) is 16.2. The van der Waals surface area contributed by atoms with Crippen LogP contribution in [0.15, 0.2) is 36.4 Å². The van der Waals surface area contributed by atoms with Crippen molar-refractivity contribution in [3.05, 3.63) is 57.6 Å². The van der Waals surface area contributed by atoms with Gasteiger partial charge in [0.25, 0.3) is 0 Å². The van der Waals surface area contributed by atoms with E-state index in [1.54, 1.807) is 0 Å². The van der Waals surface area contributed by atoms with Crippen molar-refractivity contribution in [2.24, 2.45) is 0 Å². The summed E-state index contributed by atoms with van der Waals surface area (Å²) in [5.74, 6) is 1.08. The predicted octanol–water partition coefficient (Wildman–Crippen LogP) is 4.37. The molecule has 1 unspecified atom stereocenters. The Labute approximate surface area is 216 Å². The molecule has 0 aromatic heterocycles. The Kier molecular flexibility index (Phi) is 10.2. The molecule has 2 aromatic rings. The fourth-order valence-electron chi connectivity index (χ4n) is 3.74. The van der Waals surface area contributed by atoms with Gasteiger partial charge in [0.2, 0.25) is 0 Å². The van der Waals surface area contributed by atoms with Gasteiger partial charge < -0.3 is 24.4 Å².